The van der Waals surface area contributed by atoms with Gasteiger partial charge in [-0.1, -0.05) is 106 Å². The summed E-state index contributed by atoms with van der Waals surface area (Å²) in [6.45, 7) is 31.8. The molecule has 6 aliphatic heterocycles. The van der Waals surface area contributed by atoms with Crippen LogP contribution in [0.15, 0.2) is 91.0 Å². The van der Waals surface area contributed by atoms with Crippen molar-refractivity contribution in [2.45, 2.75) is 191 Å². The van der Waals surface area contributed by atoms with E-state index in [0.29, 0.717) is 85.5 Å². The molecule has 3 aromatic carbocycles. The van der Waals surface area contributed by atoms with Crippen molar-refractivity contribution in [3.05, 3.63) is 115 Å². The van der Waals surface area contributed by atoms with Gasteiger partial charge in [0.25, 0.3) is 11.9 Å². The van der Waals surface area contributed by atoms with Crippen LogP contribution in [0.4, 0.5) is 28.8 Å². The van der Waals surface area contributed by atoms with E-state index in [2.05, 4.69) is 20.4 Å². The molecule has 41 heteroatoms. The minimum atomic E-state index is -1.06. The molecule has 0 aliphatic carbocycles. The van der Waals surface area contributed by atoms with E-state index in [0.717, 1.165) is 35.2 Å². The number of carbonyl (C=O) groups excluding carboxylic acids is 10. The number of nitrogens with one attached hydrogen (secondary N) is 2. The van der Waals surface area contributed by atoms with Crippen molar-refractivity contribution < 1.29 is 151 Å². The maximum absolute atomic E-state index is 11.9. The predicted octanol–water partition coefficient (Wildman–Crippen LogP) is 6.04. The number of aliphatic carboxylic acids is 2. The molecule has 6 saturated heterocycles. The number of hydroxylamine groups is 3. The van der Waals surface area contributed by atoms with Crippen LogP contribution in [-0.2, 0) is 115 Å². The molecule has 6 fully saturated rings. The van der Waals surface area contributed by atoms with E-state index >= 15 is 0 Å². The molecule has 38 nitrogen and oxygen atoms in total. The topological polar surface area (TPSA) is 479 Å². The third kappa shape index (κ3) is 59.5. The van der Waals surface area contributed by atoms with Crippen LogP contribution in [0.3, 0.4) is 0 Å². The van der Waals surface area contributed by atoms with Gasteiger partial charge < -0.3 is 138 Å². The number of morpholine rings is 6. The Labute approximate surface area is 757 Å². The Kier molecular flexibility index (Phi) is 69.8. The third-order valence-corrected chi connectivity index (χ3v) is 15.8. The number of rotatable bonds is 14. The van der Waals surface area contributed by atoms with E-state index in [1.165, 1.54) is 47.6 Å². The molecule has 700 valence electrons. The first-order valence-corrected chi connectivity index (χ1v) is 38.1. The van der Waals surface area contributed by atoms with Gasteiger partial charge in [-0.2, -0.15) is 0 Å². The molecule has 9 rings (SSSR count). The fraction of sp³-hybridized carbons (Fsp3) is 0.622. The molecular formula is C82H138BrClMgN10O28. The molecule has 0 bridgehead atoms. The van der Waals surface area contributed by atoms with Gasteiger partial charge in [0.15, 0.2) is 29.6 Å². The summed E-state index contributed by atoms with van der Waals surface area (Å²) in [4.78, 5) is 150. The predicted molar refractivity (Wildman–Crippen MR) is 457 cm³/mol. The van der Waals surface area contributed by atoms with E-state index in [-0.39, 0.29) is 168 Å². The molecule has 0 spiro atoms. The average Bonchev–Trinajstić information content (AvgIpc) is 0.874. The first-order chi connectivity index (χ1) is 54.9. The van der Waals surface area contributed by atoms with E-state index in [4.69, 9.17) is 89.3 Å². The van der Waals surface area contributed by atoms with E-state index in [1.807, 2.05) is 119 Å². The summed E-state index contributed by atoms with van der Waals surface area (Å²) in [6.07, 6.45) is -5.06. The van der Waals surface area contributed by atoms with E-state index < -0.39 is 76.9 Å². The van der Waals surface area contributed by atoms with Gasteiger partial charge in [0.1, 0.15) is 54.9 Å². The molecule has 0 radical (unpaired) electrons. The standard InChI is InChI=1S/C14H20N2O3.C14H17NO4.C12H22N2O5.C11H19NO4.C10H17NO5.C8H7ClO2.C6H11NO2.C2H7NO.C2H4O2.2CH4.CH3.BrH.Mg.H3N/c1-11(15)13-9-16(7-8-18-13)14(17)19-10-12-5-3-2-4-6-12;1-11(16)13-9-15(7-8-18-13)14(17)19-10-12-5-3-2-4-6-12;1-12(2,3)19-11(16)14-6-7-18-9(8-14)10(15)13(4)17-5;1-8(13)9-7-12(5-6-15-9)10(14)16-11(2,3)4;1-10(2,3)16-9(14)11-4-5-15-7(6-11)8(12)13;9-8(10)11-6-7-4-2-1-3-5-7;1-5(8)6-4-7-2-3-9-6;1-3-4-2;1-2(3)4;;;;;;/h2-6,11,13H,7-10,15H2,1H3;2-6,13H,7-10H2,1H3;9H,6-8H2,1-5H3;9H,5-7H2,1-4H3;7H,4-6H2,1-3H3,(H,12,13);1-5H,6H2;6-7H,2-4H2,1H3;3H,1-2H3;1H3,(H,3,4);2*1H4;1H3;1H;;1H3/q;;;;;;;;;;;-1;;+2;/p-1. The molecule has 3 aromatic rings. The normalized spacial score (nSPS) is 18.2. The smallest absolute Gasteiger partial charge is 1.00 e. The fourth-order valence-corrected chi connectivity index (χ4v) is 9.70. The minimum absolute atomic E-state index is 0. The van der Waals surface area contributed by atoms with Gasteiger partial charge in [-0.05, 0) is 107 Å². The van der Waals surface area contributed by atoms with Gasteiger partial charge in [-0.15, -0.1) is 0 Å². The second-order valence-corrected chi connectivity index (χ2v) is 29.5. The number of ketones is 3. The summed E-state index contributed by atoms with van der Waals surface area (Å²) in [5, 5.41) is 20.3. The number of ether oxygens (including phenoxy) is 12. The number of nitrogens with zero attached hydrogens (tertiary/aromatic N) is 6. The first-order valence-electron chi connectivity index (χ1n) is 37.7. The van der Waals surface area contributed by atoms with Gasteiger partial charge in [-0.3, -0.25) is 28.8 Å². The molecule has 6 heterocycles. The summed E-state index contributed by atoms with van der Waals surface area (Å²) >= 11 is 4.97. The van der Waals surface area contributed by atoms with E-state index in [1.54, 1.807) is 67.5 Å². The first kappa shape index (κ1) is 126. The summed E-state index contributed by atoms with van der Waals surface area (Å²) in [5.74, 6) is -2.24. The van der Waals surface area contributed by atoms with Crippen molar-refractivity contribution in [2.75, 3.05) is 146 Å². The maximum atomic E-state index is 11.9. The SMILES string of the molecule is C.C.CC(=O)C1CN(C(=O)OC(C)(C)C)CCO1.CC(=O)C1CN(C(=O)OCc2ccccc2)CCO1.CC(=O)C1CNCCO1.CC(=O)O.CC(C)(C)OC(=O)N1CCOC(C(=O)O)C1.CC(N)C1CN(C(=O)OCc2ccccc2)CCO1.CNOC.CON(C)C(=O)C1CN(C(=O)OC(C)(C)C)CCO1.N.O=C(Cl)OCc1ccccc1.[Br-].[CH3-].[Mg+2]. The van der Waals surface area contributed by atoms with Crippen LogP contribution in [0.1, 0.15) is 128 Å². The van der Waals surface area contributed by atoms with Crippen LogP contribution < -0.4 is 39.7 Å². The number of carbonyl (C=O) groups is 12. The maximum Gasteiger partial charge on any atom is 2.00 e. The number of hydrogen-bond acceptors (Lipinski definition) is 30. The van der Waals surface area contributed by atoms with Crippen molar-refractivity contribution >= 4 is 106 Å². The Morgan fingerprint density at radius 3 is 1.07 bits per heavy atom. The van der Waals surface area contributed by atoms with Crippen LogP contribution >= 0.6 is 11.6 Å². The zero-order chi connectivity index (χ0) is 88.4. The Balaban J connectivity index is -0.000000320. The van der Waals surface area contributed by atoms with Gasteiger partial charge in [0, 0.05) is 84.5 Å². The monoisotopic (exact) mass is 1850 g/mol. The number of likely N-dealkylation sites (N-methyl/N-ethyl adjacent to an activating group) is 1. The van der Waals surface area contributed by atoms with Gasteiger partial charge in [0.2, 0.25) is 0 Å². The van der Waals surface area contributed by atoms with Crippen molar-refractivity contribution in [3.8, 4) is 0 Å². The van der Waals surface area contributed by atoms with Crippen LogP contribution in [0.5, 0.6) is 0 Å². The zero-order valence-electron chi connectivity index (χ0n) is 73.5. The quantitative estimate of drug-likeness (QED) is 0.0352. The molecule has 9 N–H and O–H groups in total. The molecular weight excluding hydrogens is 1710 g/mol. The summed E-state index contributed by atoms with van der Waals surface area (Å²) < 4.78 is 62.2. The summed E-state index contributed by atoms with van der Waals surface area (Å²) in [7, 11) is 6.17. The number of nitrogens with two attached hydrogens (primary N) is 1. The van der Waals surface area contributed by atoms with Crippen molar-refractivity contribution in [1.29, 1.82) is 0 Å². The number of halogens is 2. The summed E-state index contributed by atoms with van der Waals surface area (Å²) in [6, 6.07) is 28.4. The molecule has 0 aromatic heterocycles. The Hall–Kier alpha value is -8.04. The van der Waals surface area contributed by atoms with Crippen molar-refractivity contribution in [2.24, 2.45) is 5.73 Å². The minimum Gasteiger partial charge on any atom is -1.00 e. The average molecular weight is 1850 g/mol. The number of carboxylic acid groups (broad SMARTS) is 2. The zero-order valence-corrected chi connectivity index (χ0v) is 77.2. The second-order valence-electron chi connectivity index (χ2n) is 29.1. The molecule has 6 aliphatic rings. The Morgan fingerprint density at radius 1 is 0.504 bits per heavy atom. The van der Waals surface area contributed by atoms with Crippen LogP contribution in [0, 0.1) is 7.43 Å². The van der Waals surface area contributed by atoms with Crippen LogP contribution in [0.2, 0.25) is 0 Å². The van der Waals surface area contributed by atoms with Crippen molar-refractivity contribution in [1.82, 2.24) is 46.5 Å². The number of benzene rings is 3. The molecule has 6 amide bonds. The number of hydrogen-bond donors (Lipinski definition) is 6. The Bertz CT molecular complexity index is 3400. The molecule has 0 saturated carbocycles. The molecule has 123 heavy (non-hydrogen) atoms. The van der Waals surface area contributed by atoms with Gasteiger partial charge in [0.05, 0.1) is 92.7 Å². The molecule has 7 unspecified atom stereocenters. The van der Waals surface area contributed by atoms with Gasteiger partial charge >= 0.3 is 64.9 Å². The molecule has 7 atom stereocenters. The summed E-state index contributed by atoms with van der Waals surface area (Å²) in [5.41, 5.74) is 8.65. The number of carboxylic acids is 2. The Morgan fingerprint density at radius 2 is 0.789 bits per heavy atom. The number of Topliss-reactive ketones (excluding diaryl/α,β-unsaturated/α-hetero) is 3. The van der Waals surface area contributed by atoms with Crippen LogP contribution in [0.25, 0.3) is 0 Å². The van der Waals surface area contributed by atoms with Crippen molar-refractivity contribution in [3.63, 3.8) is 0 Å². The van der Waals surface area contributed by atoms with Crippen LogP contribution in [-0.4, -0.2) is 340 Å². The fourth-order valence-electron chi connectivity index (χ4n) is 9.64. The third-order valence-electron chi connectivity index (χ3n) is 15.6. The largest absolute Gasteiger partial charge is 2.00 e. The van der Waals surface area contributed by atoms with E-state index in [9.17, 15) is 52.7 Å². The van der Waals surface area contributed by atoms with Gasteiger partial charge in [-0.25, -0.2) is 44.1 Å². The number of amides is 6. The second kappa shape index (κ2) is 68.3.